The Kier molecular flexibility index (Phi) is 6.40. The second kappa shape index (κ2) is 9.35. The number of carbonyl (C=O) groups excluding carboxylic acids is 2. The molecule has 1 aliphatic carbocycles. The Morgan fingerprint density at radius 2 is 1.66 bits per heavy atom. The average molecular weight is 500 g/mol. The Hall–Kier alpha value is -2.78. The Balaban J connectivity index is 1.24. The van der Waals surface area contributed by atoms with Gasteiger partial charge in [-0.15, -0.1) is 0 Å². The summed E-state index contributed by atoms with van der Waals surface area (Å²) in [7, 11) is -3.70. The number of piperidine rings is 1. The number of anilines is 2. The molecule has 1 atom stereocenters. The summed E-state index contributed by atoms with van der Waals surface area (Å²) in [6.45, 7) is 2.51. The maximum atomic E-state index is 13.4. The molecule has 1 saturated carbocycles. The van der Waals surface area contributed by atoms with E-state index in [1.165, 1.54) is 28.6 Å². The first-order valence-electron chi connectivity index (χ1n) is 12.3. The van der Waals surface area contributed by atoms with Crippen molar-refractivity contribution >= 4 is 33.2 Å². The third-order valence-corrected chi connectivity index (χ3v) is 9.43. The zero-order chi connectivity index (χ0) is 24.7. The minimum absolute atomic E-state index is 0.0198. The van der Waals surface area contributed by atoms with Crippen LogP contribution in [0.5, 0.6) is 0 Å². The van der Waals surface area contributed by atoms with Crippen molar-refractivity contribution in [1.82, 2.24) is 4.31 Å². The van der Waals surface area contributed by atoms with Crippen LogP contribution >= 0.6 is 0 Å². The van der Waals surface area contributed by atoms with Gasteiger partial charge in [-0.3, -0.25) is 9.59 Å². The van der Waals surface area contributed by atoms with Crippen molar-refractivity contribution < 1.29 is 22.4 Å². The smallest absolute Gasteiger partial charge is 0.243 e. The number of carbonyl (C=O) groups is 2. The molecule has 5 rings (SSSR count). The number of hydrogen-bond acceptors (Lipinski definition) is 4. The second-order valence-electron chi connectivity index (χ2n) is 9.85. The largest absolute Gasteiger partial charge is 0.326 e. The molecular formula is C26H30FN3O4S. The van der Waals surface area contributed by atoms with Crippen molar-refractivity contribution in [2.24, 2.45) is 11.8 Å². The van der Waals surface area contributed by atoms with Gasteiger partial charge in [0, 0.05) is 42.3 Å². The summed E-state index contributed by atoms with van der Waals surface area (Å²) >= 11 is 0. The molecule has 2 aliphatic heterocycles. The number of fused-ring (bicyclic) bond motifs is 1. The summed E-state index contributed by atoms with van der Waals surface area (Å²) in [6, 6.07) is 10.7. The predicted octanol–water partition coefficient (Wildman–Crippen LogP) is 3.94. The first-order chi connectivity index (χ1) is 16.7. The molecule has 0 spiro atoms. The first-order valence-corrected chi connectivity index (χ1v) is 13.7. The molecule has 186 valence electrons. The molecule has 1 N–H and O–H groups in total. The molecule has 2 heterocycles. The monoisotopic (exact) mass is 499 g/mol. The van der Waals surface area contributed by atoms with Gasteiger partial charge in [0.25, 0.3) is 0 Å². The molecule has 2 aromatic rings. The zero-order valence-corrected chi connectivity index (χ0v) is 20.6. The lowest BCUT2D eigenvalue weighted by Gasteiger charge is -2.32. The number of amides is 2. The van der Waals surface area contributed by atoms with Crippen LogP contribution in [-0.4, -0.2) is 43.7 Å². The molecule has 0 unspecified atom stereocenters. The van der Waals surface area contributed by atoms with Gasteiger partial charge in [-0.25, -0.2) is 12.8 Å². The number of rotatable bonds is 5. The van der Waals surface area contributed by atoms with Crippen LogP contribution in [0.1, 0.15) is 44.6 Å². The van der Waals surface area contributed by atoms with Gasteiger partial charge in [0.15, 0.2) is 0 Å². The summed E-state index contributed by atoms with van der Waals surface area (Å²) in [5.74, 6) is -0.623. The van der Waals surface area contributed by atoms with Crippen molar-refractivity contribution in [2.75, 3.05) is 23.3 Å². The molecule has 2 fully saturated rings. The van der Waals surface area contributed by atoms with Gasteiger partial charge in [-0.1, -0.05) is 6.42 Å². The lowest BCUT2D eigenvalue weighted by atomic mass is 9.84. The lowest BCUT2D eigenvalue weighted by molar-refractivity contribution is -0.125. The van der Waals surface area contributed by atoms with Crippen molar-refractivity contribution in [2.45, 2.75) is 56.4 Å². The van der Waals surface area contributed by atoms with Gasteiger partial charge in [-0.2, -0.15) is 4.31 Å². The molecule has 0 aromatic heterocycles. The molecule has 7 nitrogen and oxygen atoms in total. The highest BCUT2D eigenvalue weighted by atomic mass is 32.2. The molecule has 3 aliphatic rings. The molecule has 0 radical (unpaired) electrons. The SMILES string of the molecule is C[C@@H]1Cc2cc(S(=O)(=O)N3CCC(C(=O)Nc4ccc(F)cc4)CC3)ccc2N1C(=O)C1CCC1. The van der Waals surface area contributed by atoms with Gasteiger partial charge in [0.2, 0.25) is 21.8 Å². The predicted molar refractivity (Wildman–Crippen MR) is 131 cm³/mol. The average Bonchev–Trinajstić information content (AvgIpc) is 3.14. The van der Waals surface area contributed by atoms with Crippen molar-refractivity contribution in [3.63, 3.8) is 0 Å². The Morgan fingerprint density at radius 3 is 2.29 bits per heavy atom. The van der Waals surface area contributed by atoms with Crippen LogP contribution in [-0.2, 0) is 26.0 Å². The fraction of sp³-hybridized carbons (Fsp3) is 0.462. The number of nitrogens with one attached hydrogen (secondary N) is 1. The maximum absolute atomic E-state index is 13.4. The number of benzene rings is 2. The summed E-state index contributed by atoms with van der Waals surface area (Å²) < 4.78 is 41.2. The lowest BCUT2D eigenvalue weighted by Crippen LogP contribution is -2.42. The quantitative estimate of drug-likeness (QED) is 0.675. The van der Waals surface area contributed by atoms with Gasteiger partial charge in [0.1, 0.15) is 5.82 Å². The van der Waals surface area contributed by atoms with E-state index in [1.807, 2.05) is 11.8 Å². The number of halogens is 1. The number of sulfonamides is 1. The highest BCUT2D eigenvalue weighted by molar-refractivity contribution is 7.89. The molecule has 2 aromatic carbocycles. The minimum Gasteiger partial charge on any atom is -0.326 e. The summed E-state index contributed by atoms with van der Waals surface area (Å²) in [6.07, 6.45) is 4.43. The molecular weight excluding hydrogens is 469 g/mol. The Bertz CT molecular complexity index is 1240. The highest BCUT2D eigenvalue weighted by Gasteiger charge is 2.38. The molecule has 2 amide bonds. The fourth-order valence-corrected chi connectivity index (χ4v) is 6.76. The van der Waals surface area contributed by atoms with Gasteiger partial charge < -0.3 is 10.2 Å². The van der Waals surface area contributed by atoms with E-state index in [-0.39, 0.29) is 53.5 Å². The van der Waals surface area contributed by atoms with Crippen LogP contribution in [0.15, 0.2) is 47.4 Å². The van der Waals surface area contributed by atoms with E-state index >= 15 is 0 Å². The van der Waals surface area contributed by atoms with E-state index in [9.17, 15) is 22.4 Å². The second-order valence-corrected chi connectivity index (χ2v) is 11.8. The van der Waals surface area contributed by atoms with E-state index in [0.29, 0.717) is 24.9 Å². The third-order valence-electron chi connectivity index (χ3n) is 7.53. The van der Waals surface area contributed by atoms with E-state index < -0.39 is 10.0 Å². The standard InChI is InChI=1S/C26H30FN3O4S/c1-17-15-20-16-23(9-10-24(20)30(17)26(32)19-3-2-4-19)35(33,34)29-13-11-18(12-14-29)25(31)28-22-7-5-21(27)6-8-22/h5-10,16-19H,2-4,11-15H2,1H3,(H,28,31)/t17-/m1/s1. The zero-order valence-electron chi connectivity index (χ0n) is 19.7. The van der Waals surface area contributed by atoms with E-state index in [0.717, 1.165) is 30.5 Å². The molecule has 0 bridgehead atoms. The Morgan fingerprint density at radius 1 is 0.971 bits per heavy atom. The Labute approximate surface area is 205 Å². The van der Waals surface area contributed by atoms with Crippen LogP contribution in [0.25, 0.3) is 0 Å². The summed E-state index contributed by atoms with van der Waals surface area (Å²) in [4.78, 5) is 27.6. The van der Waals surface area contributed by atoms with E-state index in [1.54, 1.807) is 18.2 Å². The fourth-order valence-electron chi connectivity index (χ4n) is 5.24. The maximum Gasteiger partial charge on any atom is 0.243 e. The highest BCUT2D eigenvalue weighted by Crippen LogP contribution is 2.38. The normalized spacial score (nSPS) is 21.4. The van der Waals surface area contributed by atoms with Crippen molar-refractivity contribution in [1.29, 1.82) is 0 Å². The third kappa shape index (κ3) is 4.59. The van der Waals surface area contributed by atoms with E-state index in [4.69, 9.17) is 0 Å². The van der Waals surface area contributed by atoms with Crippen LogP contribution in [0.3, 0.4) is 0 Å². The van der Waals surface area contributed by atoms with Crippen LogP contribution < -0.4 is 10.2 Å². The summed E-state index contributed by atoms with van der Waals surface area (Å²) in [5.41, 5.74) is 2.23. The minimum atomic E-state index is -3.70. The van der Waals surface area contributed by atoms with Crippen molar-refractivity contribution in [3.05, 3.63) is 53.8 Å². The van der Waals surface area contributed by atoms with Gasteiger partial charge in [-0.05, 0) is 87.1 Å². The van der Waals surface area contributed by atoms with Crippen molar-refractivity contribution in [3.8, 4) is 0 Å². The van der Waals surface area contributed by atoms with Crippen LogP contribution in [0, 0.1) is 17.7 Å². The number of hydrogen-bond donors (Lipinski definition) is 1. The molecule has 1 saturated heterocycles. The van der Waals surface area contributed by atoms with Crippen LogP contribution in [0.2, 0.25) is 0 Å². The molecule has 35 heavy (non-hydrogen) atoms. The number of nitrogens with zero attached hydrogens (tertiary/aromatic N) is 2. The van der Waals surface area contributed by atoms with Gasteiger partial charge in [0.05, 0.1) is 4.90 Å². The molecule has 9 heteroatoms. The van der Waals surface area contributed by atoms with Gasteiger partial charge >= 0.3 is 0 Å². The summed E-state index contributed by atoms with van der Waals surface area (Å²) in [5, 5.41) is 2.78. The van der Waals surface area contributed by atoms with E-state index in [2.05, 4.69) is 5.32 Å². The topological polar surface area (TPSA) is 86.8 Å². The first kappa shape index (κ1) is 23.9. The van der Waals surface area contributed by atoms with Crippen LogP contribution in [0.4, 0.5) is 15.8 Å².